The highest BCUT2D eigenvalue weighted by Gasteiger charge is 2.20. The standard InChI is InChI=1S/C16H19Cl2N3O2/c1-3-9(2)14(19)16-21-13(8-23-16)15(22)20-7-10-4-5-11(17)12(18)6-10/h4-6,8-9,14H,3,7,19H2,1-2H3,(H,20,22)/t9?,14-/m0/s1. The summed E-state index contributed by atoms with van der Waals surface area (Å²) in [6.45, 7) is 4.37. The number of rotatable bonds is 6. The van der Waals surface area contributed by atoms with Gasteiger partial charge < -0.3 is 15.5 Å². The van der Waals surface area contributed by atoms with Crippen LogP contribution in [-0.2, 0) is 6.54 Å². The lowest BCUT2D eigenvalue weighted by Crippen LogP contribution is -2.24. The van der Waals surface area contributed by atoms with Gasteiger partial charge in [0.15, 0.2) is 5.69 Å². The minimum Gasteiger partial charge on any atom is -0.446 e. The van der Waals surface area contributed by atoms with Gasteiger partial charge in [0.25, 0.3) is 5.91 Å². The first-order valence-corrected chi connectivity index (χ1v) is 8.11. The molecular formula is C16H19Cl2N3O2. The Morgan fingerprint density at radius 2 is 2.13 bits per heavy atom. The van der Waals surface area contributed by atoms with Crippen LogP contribution in [0.5, 0.6) is 0 Å². The van der Waals surface area contributed by atoms with Crippen LogP contribution < -0.4 is 11.1 Å². The molecule has 2 aromatic rings. The average molecular weight is 356 g/mol. The highest BCUT2D eigenvalue weighted by Crippen LogP contribution is 2.23. The molecule has 1 aromatic heterocycles. The number of nitrogens with two attached hydrogens (primary N) is 1. The smallest absolute Gasteiger partial charge is 0.273 e. The van der Waals surface area contributed by atoms with E-state index >= 15 is 0 Å². The number of halogens is 2. The van der Waals surface area contributed by atoms with E-state index in [4.69, 9.17) is 33.4 Å². The van der Waals surface area contributed by atoms with Gasteiger partial charge in [-0.3, -0.25) is 4.79 Å². The number of benzene rings is 1. The Hall–Kier alpha value is -1.56. The maximum Gasteiger partial charge on any atom is 0.273 e. The molecule has 0 bridgehead atoms. The minimum atomic E-state index is -0.331. The van der Waals surface area contributed by atoms with Gasteiger partial charge in [-0.1, -0.05) is 49.5 Å². The van der Waals surface area contributed by atoms with Crippen LogP contribution >= 0.6 is 23.2 Å². The molecule has 0 aliphatic rings. The van der Waals surface area contributed by atoms with Crippen LogP contribution in [-0.4, -0.2) is 10.9 Å². The molecule has 0 fully saturated rings. The fraction of sp³-hybridized carbons (Fsp3) is 0.375. The summed E-state index contributed by atoms with van der Waals surface area (Å²) in [5.74, 6) is 0.266. The van der Waals surface area contributed by atoms with Gasteiger partial charge in [-0.15, -0.1) is 0 Å². The van der Waals surface area contributed by atoms with Crippen molar-refractivity contribution in [1.82, 2.24) is 10.3 Å². The molecule has 5 nitrogen and oxygen atoms in total. The summed E-state index contributed by atoms with van der Waals surface area (Å²) in [7, 11) is 0. The van der Waals surface area contributed by atoms with Gasteiger partial charge in [-0.05, 0) is 23.6 Å². The van der Waals surface area contributed by atoms with Crippen molar-refractivity contribution >= 4 is 29.1 Å². The topological polar surface area (TPSA) is 81.1 Å². The van der Waals surface area contributed by atoms with Crippen molar-refractivity contribution in [1.29, 1.82) is 0 Å². The largest absolute Gasteiger partial charge is 0.446 e. The van der Waals surface area contributed by atoms with E-state index in [0.717, 1.165) is 12.0 Å². The minimum absolute atomic E-state index is 0.207. The molecular weight excluding hydrogens is 337 g/mol. The maximum atomic E-state index is 12.1. The molecule has 3 N–H and O–H groups in total. The Balaban J connectivity index is 1.98. The molecule has 1 aromatic carbocycles. The van der Waals surface area contributed by atoms with E-state index in [1.165, 1.54) is 6.26 Å². The normalized spacial score (nSPS) is 13.6. The lowest BCUT2D eigenvalue weighted by atomic mass is 10.0. The lowest BCUT2D eigenvalue weighted by Gasteiger charge is -2.13. The molecule has 7 heteroatoms. The lowest BCUT2D eigenvalue weighted by molar-refractivity contribution is 0.0946. The zero-order valence-corrected chi connectivity index (χ0v) is 14.5. The van der Waals surface area contributed by atoms with Crippen LogP contribution in [0.15, 0.2) is 28.9 Å². The summed E-state index contributed by atoms with van der Waals surface area (Å²) in [5.41, 5.74) is 7.09. The van der Waals surface area contributed by atoms with E-state index in [9.17, 15) is 4.79 Å². The number of carbonyl (C=O) groups is 1. The number of carbonyl (C=O) groups excluding carboxylic acids is 1. The quantitative estimate of drug-likeness (QED) is 0.821. The van der Waals surface area contributed by atoms with Crippen molar-refractivity contribution in [2.24, 2.45) is 11.7 Å². The van der Waals surface area contributed by atoms with Crippen molar-refractivity contribution in [2.75, 3.05) is 0 Å². The number of hydrogen-bond acceptors (Lipinski definition) is 4. The molecule has 1 amide bonds. The van der Waals surface area contributed by atoms with Crippen molar-refractivity contribution in [3.8, 4) is 0 Å². The maximum absolute atomic E-state index is 12.1. The third-order valence-electron chi connectivity index (χ3n) is 3.73. The Morgan fingerprint density at radius 1 is 1.39 bits per heavy atom. The SMILES string of the molecule is CCC(C)[C@H](N)c1nc(C(=O)NCc2ccc(Cl)c(Cl)c2)co1. The molecule has 23 heavy (non-hydrogen) atoms. The summed E-state index contributed by atoms with van der Waals surface area (Å²) in [6, 6.07) is 4.86. The van der Waals surface area contributed by atoms with Gasteiger partial charge in [0.1, 0.15) is 6.26 Å². The van der Waals surface area contributed by atoms with Crippen LogP contribution in [0.25, 0.3) is 0 Å². The second kappa shape index (κ2) is 7.81. The number of hydrogen-bond donors (Lipinski definition) is 2. The highest BCUT2D eigenvalue weighted by molar-refractivity contribution is 6.42. The molecule has 124 valence electrons. The predicted molar refractivity (Wildman–Crippen MR) is 90.5 cm³/mol. The molecule has 0 spiro atoms. The average Bonchev–Trinajstić information content (AvgIpc) is 3.04. The number of nitrogens with zero attached hydrogens (tertiary/aromatic N) is 1. The molecule has 0 saturated heterocycles. The first kappa shape index (κ1) is 17.8. The summed E-state index contributed by atoms with van der Waals surface area (Å²) in [6.07, 6.45) is 2.23. The summed E-state index contributed by atoms with van der Waals surface area (Å²) < 4.78 is 5.32. The fourth-order valence-electron chi connectivity index (χ4n) is 1.96. The molecule has 1 heterocycles. The molecule has 2 atom stereocenters. The van der Waals surface area contributed by atoms with Gasteiger partial charge in [0.2, 0.25) is 5.89 Å². The highest BCUT2D eigenvalue weighted by atomic mass is 35.5. The fourth-order valence-corrected chi connectivity index (χ4v) is 2.29. The van der Waals surface area contributed by atoms with Crippen molar-refractivity contribution in [2.45, 2.75) is 32.9 Å². The molecule has 2 rings (SSSR count). The monoisotopic (exact) mass is 355 g/mol. The first-order valence-electron chi connectivity index (χ1n) is 7.35. The summed E-state index contributed by atoms with van der Waals surface area (Å²) >= 11 is 11.8. The van der Waals surface area contributed by atoms with Crippen LogP contribution in [0.2, 0.25) is 10.0 Å². The van der Waals surface area contributed by atoms with Crippen molar-refractivity contribution < 1.29 is 9.21 Å². The second-order valence-corrected chi connectivity index (χ2v) is 6.23. The Bertz CT molecular complexity index is 688. The third kappa shape index (κ3) is 4.47. The summed E-state index contributed by atoms with van der Waals surface area (Å²) in [5, 5.41) is 3.67. The van der Waals surface area contributed by atoms with Gasteiger partial charge >= 0.3 is 0 Å². The van der Waals surface area contributed by atoms with E-state index in [2.05, 4.69) is 10.3 Å². The number of oxazole rings is 1. The molecule has 1 unspecified atom stereocenters. The zero-order valence-electron chi connectivity index (χ0n) is 13.0. The zero-order chi connectivity index (χ0) is 17.0. The molecule has 0 aliphatic carbocycles. The van der Waals surface area contributed by atoms with Crippen LogP contribution in [0.4, 0.5) is 0 Å². The van der Waals surface area contributed by atoms with E-state index in [1.807, 2.05) is 13.8 Å². The van der Waals surface area contributed by atoms with Crippen molar-refractivity contribution in [3.05, 3.63) is 51.7 Å². The number of aromatic nitrogens is 1. The Morgan fingerprint density at radius 3 is 2.78 bits per heavy atom. The van der Waals surface area contributed by atoms with Crippen LogP contribution in [0.1, 0.15) is 48.3 Å². The van der Waals surface area contributed by atoms with Crippen LogP contribution in [0.3, 0.4) is 0 Å². The van der Waals surface area contributed by atoms with Crippen molar-refractivity contribution in [3.63, 3.8) is 0 Å². The Kier molecular flexibility index (Phi) is 6.04. The van der Waals surface area contributed by atoms with Gasteiger partial charge in [0, 0.05) is 6.54 Å². The van der Waals surface area contributed by atoms with Crippen LogP contribution in [0, 0.1) is 5.92 Å². The predicted octanol–water partition coefficient (Wildman–Crippen LogP) is 3.96. The summed E-state index contributed by atoms with van der Waals surface area (Å²) in [4.78, 5) is 16.3. The number of amides is 1. The molecule has 0 saturated carbocycles. The molecule has 0 radical (unpaired) electrons. The second-order valence-electron chi connectivity index (χ2n) is 5.41. The van der Waals surface area contributed by atoms with Gasteiger partial charge in [0.05, 0.1) is 16.1 Å². The first-order chi connectivity index (χ1) is 10.9. The van der Waals surface area contributed by atoms with E-state index in [0.29, 0.717) is 22.5 Å². The van der Waals surface area contributed by atoms with E-state index in [-0.39, 0.29) is 23.6 Å². The van der Waals surface area contributed by atoms with E-state index < -0.39 is 0 Å². The van der Waals surface area contributed by atoms with E-state index in [1.54, 1.807) is 18.2 Å². The third-order valence-corrected chi connectivity index (χ3v) is 4.47. The molecule has 0 aliphatic heterocycles. The van der Waals surface area contributed by atoms with Gasteiger partial charge in [-0.25, -0.2) is 4.98 Å². The number of nitrogens with one attached hydrogen (secondary N) is 1. The Labute approximate surface area is 145 Å². The van der Waals surface area contributed by atoms with Gasteiger partial charge in [-0.2, -0.15) is 0 Å².